The maximum absolute atomic E-state index is 12.7. The van der Waals surface area contributed by atoms with Gasteiger partial charge >= 0.3 is 0 Å². The second kappa shape index (κ2) is 8.46. The summed E-state index contributed by atoms with van der Waals surface area (Å²) in [5.41, 5.74) is 0.586. The van der Waals surface area contributed by atoms with Crippen LogP contribution in [0.25, 0.3) is 0 Å². The first-order valence-electron chi connectivity index (χ1n) is 8.57. The van der Waals surface area contributed by atoms with E-state index in [0.717, 1.165) is 0 Å². The third-order valence-electron chi connectivity index (χ3n) is 4.27. The van der Waals surface area contributed by atoms with Crippen molar-refractivity contribution in [2.24, 2.45) is 0 Å². The Balaban J connectivity index is 1.72. The third kappa shape index (κ3) is 4.53. The molecule has 148 valence electrons. The van der Waals surface area contributed by atoms with E-state index >= 15 is 0 Å². The predicted molar refractivity (Wildman–Crippen MR) is 102 cm³/mol. The number of carbonyl (C=O) groups excluding carboxylic acids is 1. The number of anilines is 1. The van der Waals surface area contributed by atoms with E-state index in [2.05, 4.69) is 5.32 Å². The largest absolute Gasteiger partial charge is 0.379 e. The van der Waals surface area contributed by atoms with Crippen LogP contribution in [-0.2, 0) is 14.8 Å². The van der Waals surface area contributed by atoms with Gasteiger partial charge in [0.05, 0.1) is 29.6 Å². The Bertz CT molecular complexity index is 986. The van der Waals surface area contributed by atoms with Crippen molar-refractivity contribution in [1.29, 1.82) is 0 Å². The van der Waals surface area contributed by atoms with Crippen molar-refractivity contribution < 1.29 is 22.9 Å². The highest BCUT2D eigenvalue weighted by Crippen LogP contribution is 2.20. The summed E-state index contributed by atoms with van der Waals surface area (Å²) in [7, 11) is -3.69. The van der Waals surface area contributed by atoms with E-state index in [9.17, 15) is 23.3 Å². The van der Waals surface area contributed by atoms with Crippen molar-refractivity contribution >= 4 is 27.2 Å². The number of nitrogens with zero attached hydrogens (tertiary/aromatic N) is 2. The molecule has 28 heavy (non-hydrogen) atoms. The van der Waals surface area contributed by atoms with Crippen LogP contribution in [0.2, 0.25) is 0 Å². The van der Waals surface area contributed by atoms with Crippen molar-refractivity contribution in [2.45, 2.75) is 4.90 Å². The standard InChI is InChI=1S/C18H19N3O6S/c22-18(13-19-15-4-2-5-16(12-15)21(23)24)14-3-1-6-17(11-14)28(25,26)20-7-9-27-10-8-20/h1-6,11-12,19H,7-10,13H2. The molecule has 1 heterocycles. The van der Waals surface area contributed by atoms with Crippen molar-refractivity contribution in [2.75, 3.05) is 38.2 Å². The van der Waals surface area contributed by atoms with E-state index < -0.39 is 14.9 Å². The fourth-order valence-electron chi connectivity index (χ4n) is 2.78. The smallest absolute Gasteiger partial charge is 0.271 e. The summed E-state index contributed by atoms with van der Waals surface area (Å²) in [6.45, 7) is 1.10. The van der Waals surface area contributed by atoms with Crippen molar-refractivity contribution in [3.8, 4) is 0 Å². The lowest BCUT2D eigenvalue weighted by molar-refractivity contribution is -0.384. The number of carbonyl (C=O) groups is 1. The number of rotatable bonds is 7. The summed E-state index contributed by atoms with van der Waals surface area (Å²) < 4.78 is 32.0. The molecule has 0 atom stereocenters. The number of nitro groups is 1. The van der Waals surface area contributed by atoms with Gasteiger partial charge in [0.15, 0.2) is 5.78 Å². The van der Waals surface area contributed by atoms with Crippen LogP contribution >= 0.6 is 0 Å². The average Bonchev–Trinajstić information content (AvgIpc) is 2.73. The number of benzene rings is 2. The Hall–Kier alpha value is -2.82. The zero-order chi connectivity index (χ0) is 20.1. The minimum atomic E-state index is -3.69. The number of nitro benzene ring substituents is 1. The molecule has 0 radical (unpaired) electrons. The molecule has 0 aromatic heterocycles. The molecule has 1 aliphatic rings. The van der Waals surface area contributed by atoms with Crippen LogP contribution in [0.1, 0.15) is 10.4 Å². The predicted octanol–water partition coefficient (Wildman–Crippen LogP) is 1.91. The highest BCUT2D eigenvalue weighted by atomic mass is 32.2. The number of non-ortho nitro benzene ring substituents is 1. The molecule has 2 aromatic rings. The van der Waals surface area contributed by atoms with Crippen LogP contribution in [-0.4, -0.2) is 56.3 Å². The first-order valence-corrected chi connectivity index (χ1v) is 10.0. The zero-order valence-electron chi connectivity index (χ0n) is 14.9. The molecule has 9 nitrogen and oxygen atoms in total. The first-order chi connectivity index (χ1) is 13.4. The molecule has 1 fully saturated rings. The Kier molecular flexibility index (Phi) is 6.02. The van der Waals surface area contributed by atoms with Gasteiger partial charge in [-0.15, -0.1) is 0 Å². The number of hydrogen-bond donors (Lipinski definition) is 1. The zero-order valence-corrected chi connectivity index (χ0v) is 15.7. The molecule has 2 aromatic carbocycles. The number of nitrogens with one attached hydrogen (secondary N) is 1. The molecule has 1 aliphatic heterocycles. The number of ether oxygens (including phenoxy) is 1. The maximum Gasteiger partial charge on any atom is 0.271 e. The molecule has 3 rings (SSSR count). The lowest BCUT2D eigenvalue weighted by Gasteiger charge is -2.26. The average molecular weight is 405 g/mol. The van der Waals surface area contributed by atoms with Crippen molar-refractivity contribution in [3.05, 3.63) is 64.2 Å². The van der Waals surface area contributed by atoms with Crippen molar-refractivity contribution in [1.82, 2.24) is 4.31 Å². The number of ketones is 1. The lowest BCUT2D eigenvalue weighted by Crippen LogP contribution is -2.40. The molecule has 0 unspecified atom stereocenters. The van der Waals surface area contributed by atoms with E-state index in [0.29, 0.717) is 18.9 Å². The van der Waals surface area contributed by atoms with Crippen LogP contribution in [0.3, 0.4) is 0 Å². The molecule has 1 N–H and O–H groups in total. The SMILES string of the molecule is O=C(CNc1cccc([N+](=O)[O-])c1)c1cccc(S(=O)(=O)N2CCOCC2)c1. The van der Waals surface area contributed by atoms with Gasteiger partial charge in [-0.3, -0.25) is 14.9 Å². The van der Waals surface area contributed by atoms with Crippen LogP contribution in [0.4, 0.5) is 11.4 Å². The van der Waals surface area contributed by atoms with Gasteiger partial charge in [-0.2, -0.15) is 4.31 Å². The Morgan fingerprint density at radius 2 is 1.86 bits per heavy atom. The van der Waals surface area contributed by atoms with Gasteiger partial charge in [-0.05, 0) is 18.2 Å². The fourth-order valence-corrected chi connectivity index (χ4v) is 4.23. The van der Waals surface area contributed by atoms with E-state index in [4.69, 9.17) is 4.74 Å². The molecule has 0 spiro atoms. The number of morpholine rings is 1. The highest BCUT2D eigenvalue weighted by molar-refractivity contribution is 7.89. The summed E-state index contributed by atoms with van der Waals surface area (Å²) in [5, 5.41) is 13.6. The number of sulfonamides is 1. The van der Waals surface area contributed by atoms with Crippen LogP contribution in [0.5, 0.6) is 0 Å². The van der Waals surface area contributed by atoms with Gasteiger partial charge in [0.25, 0.3) is 5.69 Å². The third-order valence-corrected chi connectivity index (χ3v) is 6.17. The molecule has 0 amide bonds. The second-order valence-electron chi connectivity index (χ2n) is 6.13. The molecule has 0 bridgehead atoms. The number of hydrogen-bond acceptors (Lipinski definition) is 7. The minimum absolute atomic E-state index is 0.0515. The summed E-state index contributed by atoms with van der Waals surface area (Å²) >= 11 is 0. The van der Waals surface area contributed by atoms with Crippen molar-refractivity contribution in [3.63, 3.8) is 0 Å². The maximum atomic E-state index is 12.7. The summed E-state index contributed by atoms with van der Waals surface area (Å²) in [5.74, 6) is -0.328. The topological polar surface area (TPSA) is 119 Å². The molecule has 10 heteroatoms. The van der Waals surface area contributed by atoms with Crippen LogP contribution in [0.15, 0.2) is 53.4 Å². The number of Topliss-reactive ketones (excluding diaryl/α,β-unsaturated/α-hetero) is 1. The Morgan fingerprint density at radius 3 is 2.57 bits per heavy atom. The molecule has 1 saturated heterocycles. The minimum Gasteiger partial charge on any atom is -0.379 e. The van der Waals surface area contributed by atoms with E-state index in [1.165, 1.54) is 46.8 Å². The first kappa shape index (κ1) is 19.9. The summed E-state index contributed by atoms with van der Waals surface area (Å²) in [6.07, 6.45) is 0. The summed E-state index contributed by atoms with van der Waals surface area (Å²) in [6, 6.07) is 11.7. The molecule has 0 saturated carbocycles. The quantitative estimate of drug-likeness (QED) is 0.424. The highest BCUT2D eigenvalue weighted by Gasteiger charge is 2.26. The van der Waals surface area contributed by atoms with Gasteiger partial charge in [-0.1, -0.05) is 18.2 Å². The molecular weight excluding hydrogens is 386 g/mol. The van der Waals surface area contributed by atoms with E-state index in [-0.39, 0.29) is 41.6 Å². The normalized spacial score (nSPS) is 15.1. The van der Waals surface area contributed by atoms with Gasteiger partial charge in [-0.25, -0.2) is 8.42 Å². The molecule has 0 aliphatic carbocycles. The Morgan fingerprint density at radius 1 is 1.14 bits per heavy atom. The van der Waals surface area contributed by atoms with Gasteiger partial charge in [0.2, 0.25) is 10.0 Å². The lowest BCUT2D eigenvalue weighted by atomic mass is 10.1. The van der Waals surface area contributed by atoms with E-state index in [1.807, 2.05) is 0 Å². The van der Waals surface area contributed by atoms with Crippen LogP contribution in [0, 0.1) is 10.1 Å². The second-order valence-corrected chi connectivity index (χ2v) is 8.07. The molecular formula is C18H19N3O6S. The van der Waals surface area contributed by atoms with Gasteiger partial charge in [0, 0.05) is 36.5 Å². The Labute approximate surface area is 162 Å². The van der Waals surface area contributed by atoms with Gasteiger partial charge < -0.3 is 10.1 Å². The monoisotopic (exact) mass is 405 g/mol. The van der Waals surface area contributed by atoms with Gasteiger partial charge in [0.1, 0.15) is 0 Å². The van der Waals surface area contributed by atoms with Crippen LogP contribution < -0.4 is 5.32 Å². The summed E-state index contributed by atoms with van der Waals surface area (Å²) in [4.78, 5) is 22.8. The fraction of sp³-hybridized carbons (Fsp3) is 0.278. The van der Waals surface area contributed by atoms with E-state index in [1.54, 1.807) is 6.07 Å².